The van der Waals surface area contributed by atoms with Crippen LogP contribution in [0.4, 0.5) is 10.1 Å². The standard InChI is InChI=1S/C20H22FN3O/c1-4-20(25)24-19(15-7-11-17(12-8-15)23(2)3)13-18(22-24)14-5-9-16(21)10-6-14/h5-12,19H,4,13H2,1-3H3. The lowest BCUT2D eigenvalue weighted by Gasteiger charge is -2.22. The van der Waals surface area contributed by atoms with Gasteiger partial charge in [0.2, 0.25) is 5.91 Å². The Kier molecular flexibility index (Phi) is 4.83. The van der Waals surface area contributed by atoms with Gasteiger partial charge < -0.3 is 4.90 Å². The molecule has 0 aliphatic carbocycles. The topological polar surface area (TPSA) is 35.9 Å². The lowest BCUT2D eigenvalue weighted by atomic mass is 9.98. The van der Waals surface area contributed by atoms with Crippen molar-refractivity contribution < 1.29 is 9.18 Å². The molecule has 0 saturated carbocycles. The van der Waals surface area contributed by atoms with E-state index in [1.54, 1.807) is 17.1 Å². The van der Waals surface area contributed by atoms with Gasteiger partial charge >= 0.3 is 0 Å². The van der Waals surface area contributed by atoms with Crippen LogP contribution in [0.3, 0.4) is 0 Å². The summed E-state index contributed by atoms with van der Waals surface area (Å²) < 4.78 is 13.2. The molecular weight excluding hydrogens is 317 g/mol. The lowest BCUT2D eigenvalue weighted by molar-refractivity contribution is -0.132. The minimum Gasteiger partial charge on any atom is -0.378 e. The van der Waals surface area contributed by atoms with Crippen molar-refractivity contribution in [3.63, 3.8) is 0 Å². The molecule has 0 N–H and O–H groups in total. The molecule has 1 aliphatic rings. The molecule has 0 bridgehead atoms. The minimum absolute atomic E-state index is 0.0150. The highest BCUT2D eigenvalue weighted by Gasteiger charge is 2.32. The Bertz CT molecular complexity index is 782. The van der Waals surface area contributed by atoms with E-state index in [9.17, 15) is 9.18 Å². The Labute approximate surface area is 147 Å². The van der Waals surface area contributed by atoms with E-state index in [-0.39, 0.29) is 17.8 Å². The van der Waals surface area contributed by atoms with Crippen LogP contribution < -0.4 is 4.90 Å². The van der Waals surface area contributed by atoms with Crippen molar-refractivity contribution in [3.8, 4) is 0 Å². The third-order valence-electron chi connectivity index (χ3n) is 4.44. The third-order valence-corrected chi connectivity index (χ3v) is 4.44. The number of hydrogen-bond donors (Lipinski definition) is 0. The number of carbonyl (C=O) groups is 1. The molecule has 4 nitrogen and oxygen atoms in total. The number of carbonyl (C=O) groups excluding carboxylic acids is 1. The molecule has 1 aliphatic heterocycles. The molecule has 0 aromatic heterocycles. The van der Waals surface area contributed by atoms with Gasteiger partial charge in [-0.15, -0.1) is 0 Å². The van der Waals surface area contributed by atoms with E-state index in [1.165, 1.54) is 12.1 Å². The molecule has 0 saturated heterocycles. The average Bonchev–Trinajstić information content (AvgIpc) is 3.07. The molecule has 3 rings (SSSR count). The van der Waals surface area contributed by atoms with Crippen LogP contribution >= 0.6 is 0 Å². The predicted octanol–water partition coefficient (Wildman–Crippen LogP) is 3.98. The first-order valence-electron chi connectivity index (χ1n) is 8.42. The quantitative estimate of drug-likeness (QED) is 0.845. The maximum Gasteiger partial charge on any atom is 0.242 e. The molecule has 1 atom stereocenters. The molecule has 0 fully saturated rings. The number of halogens is 1. The Morgan fingerprint density at radius 2 is 1.80 bits per heavy atom. The van der Waals surface area contributed by atoms with E-state index >= 15 is 0 Å². The van der Waals surface area contributed by atoms with Gasteiger partial charge in [-0.1, -0.05) is 31.2 Å². The van der Waals surface area contributed by atoms with Gasteiger partial charge in [0.1, 0.15) is 5.82 Å². The Balaban J connectivity index is 1.91. The van der Waals surface area contributed by atoms with Crippen LogP contribution in [-0.2, 0) is 4.79 Å². The highest BCUT2D eigenvalue weighted by Crippen LogP contribution is 2.34. The van der Waals surface area contributed by atoms with Gasteiger partial charge in [0.25, 0.3) is 0 Å². The number of hydrazone groups is 1. The van der Waals surface area contributed by atoms with Gasteiger partial charge in [0.05, 0.1) is 11.8 Å². The van der Waals surface area contributed by atoms with Crippen molar-refractivity contribution in [2.24, 2.45) is 5.10 Å². The smallest absolute Gasteiger partial charge is 0.242 e. The normalized spacial score (nSPS) is 16.7. The SMILES string of the molecule is CCC(=O)N1N=C(c2ccc(F)cc2)CC1c1ccc(N(C)C)cc1. The van der Waals surface area contributed by atoms with Crippen LogP contribution in [0.1, 0.15) is 36.9 Å². The second-order valence-electron chi connectivity index (χ2n) is 6.35. The molecule has 5 heteroatoms. The summed E-state index contributed by atoms with van der Waals surface area (Å²) in [6, 6.07) is 14.3. The summed E-state index contributed by atoms with van der Waals surface area (Å²) in [7, 11) is 3.99. The number of hydrogen-bond acceptors (Lipinski definition) is 3. The zero-order valence-corrected chi connectivity index (χ0v) is 14.7. The fourth-order valence-corrected chi connectivity index (χ4v) is 2.97. The van der Waals surface area contributed by atoms with E-state index in [0.29, 0.717) is 12.8 Å². The first kappa shape index (κ1) is 17.1. The number of nitrogens with zero attached hydrogens (tertiary/aromatic N) is 3. The van der Waals surface area contributed by atoms with Crippen molar-refractivity contribution in [2.45, 2.75) is 25.8 Å². The van der Waals surface area contributed by atoms with Gasteiger partial charge in [-0.05, 0) is 35.4 Å². The molecule has 1 amide bonds. The number of amides is 1. The van der Waals surface area contributed by atoms with E-state index < -0.39 is 0 Å². The summed E-state index contributed by atoms with van der Waals surface area (Å²) in [5.41, 5.74) is 3.81. The second-order valence-corrected chi connectivity index (χ2v) is 6.35. The van der Waals surface area contributed by atoms with Gasteiger partial charge in [-0.25, -0.2) is 9.40 Å². The average molecular weight is 339 g/mol. The first-order chi connectivity index (χ1) is 12.0. The van der Waals surface area contributed by atoms with Crippen LogP contribution in [0, 0.1) is 5.82 Å². The fraction of sp³-hybridized carbons (Fsp3) is 0.300. The summed E-state index contributed by atoms with van der Waals surface area (Å²) >= 11 is 0. The minimum atomic E-state index is -0.278. The van der Waals surface area contributed by atoms with Gasteiger partial charge in [-0.2, -0.15) is 5.10 Å². The van der Waals surface area contributed by atoms with Crippen LogP contribution in [0.2, 0.25) is 0 Å². The van der Waals surface area contributed by atoms with Crippen LogP contribution in [-0.4, -0.2) is 30.7 Å². The Morgan fingerprint density at radius 3 is 2.36 bits per heavy atom. The molecule has 0 spiro atoms. The number of benzene rings is 2. The summed E-state index contributed by atoms with van der Waals surface area (Å²) in [5.74, 6) is -0.293. The summed E-state index contributed by atoms with van der Waals surface area (Å²) in [6.07, 6.45) is 1.02. The summed E-state index contributed by atoms with van der Waals surface area (Å²) in [4.78, 5) is 14.4. The van der Waals surface area contributed by atoms with E-state index in [1.807, 2.05) is 50.2 Å². The molecule has 2 aromatic carbocycles. The van der Waals surface area contributed by atoms with E-state index in [4.69, 9.17) is 0 Å². The molecule has 1 heterocycles. The molecular formula is C20H22FN3O. The first-order valence-corrected chi connectivity index (χ1v) is 8.42. The van der Waals surface area contributed by atoms with E-state index in [2.05, 4.69) is 5.10 Å². The van der Waals surface area contributed by atoms with Gasteiger partial charge in [0.15, 0.2) is 0 Å². The van der Waals surface area contributed by atoms with Crippen LogP contribution in [0.15, 0.2) is 53.6 Å². The Hall–Kier alpha value is -2.69. The van der Waals surface area contributed by atoms with E-state index in [0.717, 1.165) is 22.5 Å². The maximum atomic E-state index is 13.2. The van der Waals surface area contributed by atoms with Crippen LogP contribution in [0.5, 0.6) is 0 Å². The van der Waals surface area contributed by atoms with Crippen LogP contribution in [0.25, 0.3) is 0 Å². The largest absolute Gasteiger partial charge is 0.378 e. The monoisotopic (exact) mass is 339 g/mol. The highest BCUT2D eigenvalue weighted by molar-refractivity contribution is 6.03. The maximum absolute atomic E-state index is 13.2. The summed E-state index contributed by atoms with van der Waals surface area (Å²) in [5, 5.41) is 6.11. The molecule has 130 valence electrons. The van der Waals surface area contributed by atoms with Crippen molar-refractivity contribution in [2.75, 3.05) is 19.0 Å². The molecule has 1 unspecified atom stereocenters. The third kappa shape index (κ3) is 3.55. The van der Waals surface area contributed by atoms with Gasteiger partial charge in [0, 0.05) is 32.6 Å². The van der Waals surface area contributed by atoms with Crippen molar-refractivity contribution in [1.29, 1.82) is 0 Å². The van der Waals surface area contributed by atoms with Gasteiger partial charge in [-0.3, -0.25) is 4.79 Å². The van der Waals surface area contributed by atoms with Crippen molar-refractivity contribution >= 4 is 17.3 Å². The molecule has 0 radical (unpaired) electrons. The number of anilines is 1. The predicted molar refractivity (Wildman–Crippen MR) is 98.2 cm³/mol. The van der Waals surface area contributed by atoms with Crippen molar-refractivity contribution in [3.05, 3.63) is 65.5 Å². The highest BCUT2D eigenvalue weighted by atomic mass is 19.1. The second kappa shape index (κ2) is 7.05. The lowest BCUT2D eigenvalue weighted by Crippen LogP contribution is -2.26. The molecule has 2 aromatic rings. The summed E-state index contributed by atoms with van der Waals surface area (Å²) in [6.45, 7) is 1.83. The number of rotatable bonds is 4. The van der Waals surface area contributed by atoms with Crippen molar-refractivity contribution in [1.82, 2.24) is 5.01 Å². The fourth-order valence-electron chi connectivity index (χ4n) is 2.97. The molecule has 25 heavy (non-hydrogen) atoms. The Morgan fingerprint density at radius 1 is 1.16 bits per heavy atom. The zero-order chi connectivity index (χ0) is 18.0. The zero-order valence-electron chi connectivity index (χ0n) is 14.7.